The van der Waals surface area contributed by atoms with E-state index in [0.717, 1.165) is 23.3 Å². The van der Waals surface area contributed by atoms with Crippen molar-refractivity contribution in [3.63, 3.8) is 0 Å². The van der Waals surface area contributed by atoms with E-state index < -0.39 is 17.3 Å². The number of halogens is 3. The molecule has 1 aromatic heterocycles. The van der Waals surface area contributed by atoms with Crippen molar-refractivity contribution < 1.29 is 13.2 Å². The zero-order valence-electron chi connectivity index (χ0n) is 14.3. The molecule has 134 valence electrons. The van der Waals surface area contributed by atoms with E-state index in [1.807, 2.05) is 31.2 Å². The molecule has 26 heavy (non-hydrogen) atoms. The van der Waals surface area contributed by atoms with Crippen LogP contribution in [-0.4, -0.2) is 9.78 Å². The van der Waals surface area contributed by atoms with Gasteiger partial charge in [0.2, 0.25) is 0 Å². The molecule has 3 nitrogen and oxygen atoms in total. The molecular formula is C20H17F3N2O. The van der Waals surface area contributed by atoms with Crippen molar-refractivity contribution in [2.45, 2.75) is 26.6 Å². The fourth-order valence-corrected chi connectivity index (χ4v) is 2.80. The highest BCUT2D eigenvalue weighted by Gasteiger charge is 2.30. The standard InChI is InChI=1S/C20H17F3N2O/c1-13-6-3-4-7-16(13)12-25-19(26)18(10-14(2)24-25)15-8-5-9-17(11-15)20(21,22)23/h3-11H,12H2,1-2H3. The Labute approximate surface area is 148 Å². The van der Waals surface area contributed by atoms with Crippen LogP contribution in [-0.2, 0) is 12.7 Å². The van der Waals surface area contributed by atoms with Gasteiger partial charge in [-0.3, -0.25) is 4.79 Å². The second-order valence-corrected chi connectivity index (χ2v) is 6.17. The summed E-state index contributed by atoms with van der Waals surface area (Å²) in [5, 5.41) is 4.25. The van der Waals surface area contributed by atoms with Crippen LogP contribution in [0, 0.1) is 13.8 Å². The van der Waals surface area contributed by atoms with Gasteiger partial charge in [0.05, 0.1) is 23.4 Å². The van der Waals surface area contributed by atoms with E-state index in [0.29, 0.717) is 5.69 Å². The average molecular weight is 358 g/mol. The second kappa shape index (κ2) is 6.78. The minimum Gasteiger partial charge on any atom is -0.267 e. The Morgan fingerprint density at radius 3 is 2.42 bits per heavy atom. The molecule has 2 aromatic carbocycles. The topological polar surface area (TPSA) is 34.9 Å². The lowest BCUT2D eigenvalue weighted by Crippen LogP contribution is -2.26. The van der Waals surface area contributed by atoms with Crippen molar-refractivity contribution in [3.05, 3.63) is 87.3 Å². The lowest BCUT2D eigenvalue weighted by atomic mass is 10.0. The first-order chi connectivity index (χ1) is 12.3. The Kier molecular flexibility index (Phi) is 4.68. The van der Waals surface area contributed by atoms with Gasteiger partial charge in [0.15, 0.2) is 0 Å². The van der Waals surface area contributed by atoms with E-state index in [9.17, 15) is 18.0 Å². The van der Waals surface area contributed by atoms with E-state index in [1.54, 1.807) is 6.92 Å². The molecule has 0 unspecified atom stereocenters. The predicted octanol–water partition coefficient (Wildman–Crippen LogP) is 4.59. The molecule has 6 heteroatoms. The first kappa shape index (κ1) is 17.9. The highest BCUT2D eigenvalue weighted by atomic mass is 19.4. The van der Waals surface area contributed by atoms with Crippen molar-refractivity contribution in [1.82, 2.24) is 9.78 Å². The summed E-state index contributed by atoms with van der Waals surface area (Å²) in [6, 6.07) is 13.9. The highest BCUT2D eigenvalue weighted by Crippen LogP contribution is 2.31. The van der Waals surface area contributed by atoms with Crippen LogP contribution >= 0.6 is 0 Å². The molecule has 0 saturated heterocycles. The Bertz CT molecular complexity index is 1010. The van der Waals surface area contributed by atoms with Gasteiger partial charge in [0.25, 0.3) is 5.56 Å². The molecular weight excluding hydrogens is 341 g/mol. The van der Waals surface area contributed by atoms with Crippen molar-refractivity contribution in [3.8, 4) is 11.1 Å². The maximum atomic E-state index is 13.0. The second-order valence-electron chi connectivity index (χ2n) is 6.17. The van der Waals surface area contributed by atoms with Crippen LogP contribution in [0.2, 0.25) is 0 Å². The van der Waals surface area contributed by atoms with Gasteiger partial charge in [0.1, 0.15) is 0 Å². The number of alkyl halides is 3. The third-order valence-corrected chi connectivity index (χ3v) is 4.18. The summed E-state index contributed by atoms with van der Waals surface area (Å²) in [7, 11) is 0. The third-order valence-electron chi connectivity index (χ3n) is 4.18. The lowest BCUT2D eigenvalue weighted by molar-refractivity contribution is -0.137. The van der Waals surface area contributed by atoms with E-state index in [4.69, 9.17) is 0 Å². The third kappa shape index (κ3) is 3.69. The van der Waals surface area contributed by atoms with Crippen LogP contribution in [0.3, 0.4) is 0 Å². The van der Waals surface area contributed by atoms with Crippen LogP contribution in [0.25, 0.3) is 11.1 Å². The van der Waals surface area contributed by atoms with Crippen molar-refractivity contribution in [2.24, 2.45) is 0 Å². The van der Waals surface area contributed by atoms with Gasteiger partial charge in [0, 0.05) is 0 Å². The SMILES string of the molecule is Cc1cc(-c2cccc(C(F)(F)F)c2)c(=O)n(Cc2ccccc2C)n1. The summed E-state index contributed by atoms with van der Waals surface area (Å²) in [6.07, 6.45) is -4.46. The zero-order valence-corrected chi connectivity index (χ0v) is 14.3. The van der Waals surface area contributed by atoms with Gasteiger partial charge in [-0.25, -0.2) is 4.68 Å². The molecule has 3 rings (SSSR count). The van der Waals surface area contributed by atoms with Crippen LogP contribution in [0.1, 0.15) is 22.4 Å². The minimum absolute atomic E-state index is 0.206. The predicted molar refractivity (Wildman–Crippen MR) is 94.0 cm³/mol. The fraction of sp³-hybridized carbons (Fsp3) is 0.200. The quantitative estimate of drug-likeness (QED) is 0.686. The van der Waals surface area contributed by atoms with Crippen LogP contribution < -0.4 is 5.56 Å². The molecule has 0 saturated carbocycles. The molecule has 1 heterocycles. The number of aryl methyl sites for hydroxylation is 2. The molecule has 0 radical (unpaired) electrons. The van der Waals surface area contributed by atoms with Gasteiger partial charge < -0.3 is 0 Å². The van der Waals surface area contributed by atoms with Gasteiger partial charge in [-0.1, -0.05) is 36.4 Å². The number of hydrogen-bond acceptors (Lipinski definition) is 2. The molecule has 0 amide bonds. The summed E-state index contributed by atoms with van der Waals surface area (Å²) in [6.45, 7) is 3.91. The van der Waals surface area contributed by atoms with Crippen LogP contribution in [0.4, 0.5) is 13.2 Å². The van der Waals surface area contributed by atoms with Gasteiger partial charge in [-0.2, -0.15) is 18.3 Å². The molecule has 0 bridgehead atoms. The van der Waals surface area contributed by atoms with Crippen LogP contribution in [0.15, 0.2) is 59.4 Å². The van der Waals surface area contributed by atoms with Crippen molar-refractivity contribution >= 4 is 0 Å². The Balaban J connectivity index is 2.09. The summed E-state index contributed by atoms with van der Waals surface area (Å²) in [5.41, 5.74) is 1.75. The van der Waals surface area contributed by atoms with Crippen LogP contribution in [0.5, 0.6) is 0 Å². The number of benzene rings is 2. The summed E-state index contributed by atoms with van der Waals surface area (Å²) < 4.78 is 40.2. The van der Waals surface area contributed by atoms with Gasteiger partial charge >= 0.3 is 6.18 Å². The van der Waals surface area contributed by atoms with E-state index in [2.05, 4.69) is 5.10 Å². The molecule has 0 spiro atoms. The minimum atomic E-state index is -4.46. The van der Waals surface area contributed by atoms with Crippen molar-refractivity contribution in [1.29, 1.82) is 0 Å². The first-order valence-corrected chi connectivity index (χ1v) is 8.06. The summed E-state index contributed by atoms with van der Waals surface area (Å²) in [5.74, 6) is 0. The Hall–Kier alpha value is -2.89. The maximum absolute atomic E-state index is 13.0. The zero-order chi connectivity index (χ0) is 18.9. The van der Waals surface area contributed by atoms with Crippen molar-refractivity contribution in [2.75, 3.05) is 0 Å². The van der Waals surface area contributed by atoms with E-state index in [1.165, 1.54) is 22.9 Å². The normalized spacial score (nSPS) is 11.6. The largest absolute Gasteiger partial charge is 0.416 e. The lowest BCUT2D eigenvalue weighted by Gasteiger charge is -2.12. The Morgan fingerprint density at radius 1 is 1.00 bits per heavy atom. The highest BCUT2D eigenvalue weighted by molar-refractivity contribution is 5.63. The molecule has 0 aliphatic carbocycles. The van der Waals surface area contributed by atoms with Gasteiger partial charge in [-0.15, -0.1) is 0 Å². The number of nitrogens with zero attached hydrogens (tertiary/aromatic N) is 2. The molecule has 0 atom stereocenters. The van der Waals surface area contributed by atoms with E-state index >= 15 is 0 Å². The van der Waals surface area contributed by atoms with Gasteiger partial charge in [-0.05, 0) is 48.7 Å². The monoisotopic (exact) mass is 358 g/mol. The smallest absolute Gasteiger partial charge is 0.267 e. The Morgan fingerprint density at radius 2 is 1.73 bits per heavy atom. The van der Waals surface area contributed by atoms with E-state index in [-0.39, 0.29) is 17.7 Å². The number of hydrogen-bond donors (Lipinski definition) is 0. The molecule has 0 fully saturated rings. The molecule has 0 aliphatic rings. The average Bonchev–Trinajstić information content (AvgIpc) is 2.59. The number of aromatic nitrogens is 2. The molecule has 0 aliphatic heterocycles. The summed E-state index contributed by atoms with van der Waals surface area (Å²) in [4.78, 5) is 12.8. The summed E-state index contributed by atoms with van der Waals surface area (Å²) >= 11 is 0. The maximum Gasteiger partial charge on any atom is 0.416 e. The number of rotatable bonds is 3. The first-order valence-electron chi connectivity index (χ1n) is 8.06. The fourth-order valence-electron chi connectivity index (χ4n) is 2.80. The molecule has 3 aromatic rings. The molecule has 0 N–H and O–H groups in total.